The van der Waals surface area contributed by atoms with Gasteiger partial charge in [-0.1, -0.05) is 12.8 Å². The summed E-state index contributed by atoms with van der Waals surface area (Å²) in [5.74, 6) is 1.53. The van der Waals surface area contributed by atoms with Gasteiger partial charge in [0.2, 0.25) is 5.28 Å². The van der Waals surface area contributed by atoms with Crippen molar-refractivity contribution in [3.63, 3.8) is 0 Å². The van der Waals surface area contributed by atoms with E-state index in [2.05, 4.69) is 22.2 Å². The Kier molecular flexibility index (Phi) is 3.19. The lowest BCUT2D eigenvalue weighted by Crippen LogP contribution is -2.18. The molecule has 1 unspecified atom stereocenters. The number of hydrogen-bond acceptors (Lipinski definition) is 4. The lowest BCUT2D eigenvalue weighted by Gasteiger charge is -2.16. The maximum Gasteiger partial charge on any atom is 0.224 e. The first-order valence-corrected chi connectivity index (χ1v) is 6.00. The van der Waals surface area contributed by atoms with Gasteiger partial charge in [0.15, 0.2) is 5.82 Å². The fourth-order valence-electron chi connectivity index (χ4n) is 1.80. The third-order valence-corrected chi connectivity index (χ3v) is 3.04. The van der Waals surface area contributed by atoms with Crippen LogP contribution in [0.1, 0.15) is 31.9 Å². The van der Waals surface area contributed by atoms with Gasteiger partial charge < -0.3 is 11.1 Å². The van der Waals surface area contributed by atoms with Crippen molar-refractivity contribution < 1.29 is 0 Å². The summed E-state index contributed by atoms with van der Waals surface area (Å²) in [7, 11) is 0. The van der Waals surface area contributed by atoms with E-state index in [-0.39, 0.29) is 5.28 Å². The SMILES string of the molecule is Cc1nc(Cl)nc(NC(C)CC2CC2)c1N. The van der Waals surface area contributed by atoms with Crippen LogP contribution < -0.4 is 11.1 Å². The van der Waals surface area contributed by atoms with Crippen LogP contribution in [0.3, 0.4) is 0 Å². The Morgan fingerprint density at radius 1 is 1.50 bits per heavy atom. The molecule has 5 heteroatoms. The summed E-state index contributed by atoms with van der Waals surface area (Å²) in [5.41, 5.74) is 7.21. The van der Waals surface area contributed by atoms with Crippen molar-refractivity contribution in [3.05, 3.63) is 11.0 Å². The zero-order chi connectivity index (χ0) is 11.7. The van der Waals surface area contributed by atoms with E-state index in [4.69, 9.17) is 17.3 Å². The van der Waals surface area contributed by atoms with Gasteiger partial charge in [0, 0.05) is 6.04 Å². The molecule has 0 aromatic carbocycles. The van der Waals surface area contributed by atoms with Crippen LogP contribution in [0.15, 0.2) is 0 Å². The fraction of sp³-hybridized carbons (Fsp3) is 0.636. The topological polar surface area (TPSA) is 63.8 Å². The predicted molar refractivity (Wildman–Crippen MR) is 66.6 cm³/mol. The largest absolute Gasteiger partial charge is 0.394 e. The minimum Gasteiger partial charge on any atom is -0.394 e. The summed E-state index contributed by atoms with van der Waals surface area (Å²) in [5, 5.41) is 3.55. The van der Waals surface area contributed by atoms with E-state index in [0.29, 0.717) is 17.5 Å². The van der Waals surface area contributed by atoms with Crippen LogP contribution in [-0.2, 0) is 0 Å². The molecule has 0 radical (unpaired) electrons. The van der Waals surface area contributed by atoms with E-state index in [0.717, 1.165) is 11.6 Å². The maximum absolute atomic E-state index is 5.90. The highest BCUT2D eigenvalue weighted by molar-refractivity contribution is 6.28. The first-order chi connectivity index (χ1) is 7.56. The van der Waals surface area contributed by atoms with Crippen molar-refractivity contribution in [2.24, 2.45) is 5.92 Å². The van der Waals surface area contributed by atoms with Crippen molar-refractivity contribution in [3.8, 4) is 0 Å². The number of hydrogen-bond donors (Lipinski definition) is 2. The Morgan fingerprint density at radius 3 is 2.81 bits per heavy atom. The van der Waals surface area contributed by atoms with Crippen LogP contribution in [0.25, 0.3) is 0 Å². The van der Waals surface area contributed by atoms with E-state index in [1.807, 2.05) is 6.92 Å². The second-order valence-electron chi connectivity index (χ2n) is 4.56. The normalized spacial score (nSPS) is 17.2. The number of aryl methyl sites for hydroxylation is 1. The fourth-order valence-corrected chi connectivity index (χ4v) is 2.01. The molecule has 3 N–H and O–H groups in total. The number of aromatic nitrogens is 2. The van der Waals surface area contributed by atoms with Gasteiger partial charge in [-0.3, -0.25) is 0 Å². The molecule has 1 aromatic rings. The summed E-state index contributed by atoms with van der Waals surface area (Å²) in [4.78, 5) is 8.12. The van der Waals surface area contributed by atoms with E-state index in [1.165, 1.54) is 19.3 Å². The maximum atomic E-state index is 5.90. The number of rotatable bonds is 4. The molecular formula is C11H17ClN4. The van der Waals surface area contributed by atoms with Crippen LogP contribution in [0.2, 0.25) is 5.28 Å². The molecule has 1 aromatic heterocycles. The van der Waals surface area contributed by atoms with E-state index in [1.54, 1.807) is 0 Å². The standard InChI is InChI=1S/C11H17ClN4/c1-6(5-8-3-4-8)14-10-9(13)7(2)15-11(12)16-10/h6,8H,3-5,13H2,1-2H3,(H,14,15,16). The molecular weight excluding hydrogens is 224 g/mol. The Labute approximate surface area is 101 Å². The van der Waals surface area contributed by atoms with Gasteiger partial charge in [0.1, 0.15) is 0 Å². The number of anilines is 2. The lowest BCUT2D eigenvalue weighted by atomic mass is 10.1. The van der Waals surface area contributed by atoms with Gasteiger partial charge in [-0.25, -0.2) is 4.98 Å². The summed E-state index contributed by atoms with van der Waals surface area (Å²) in [6.07, 6.45) is 3.87. The average molecular weight is 241 g/mol. The zero-order valence-corrected chi connectivity index (χ0v) is 10.4. The molecule has 1 fully saturated rings. The molecule has 88 valence electrons. The number of nitrogen functional groups attached to an aromatic ring is 1. The summed E-state index contributed by atoms with van der Waals surface area (Å²) in [6, 6.07) is 0.375. The molecule has 4 nitrogen and oxygen atoms in total. The molecule has 1 saturated carbocycles. The van der Waals surface area contributed by atoms with Gasteiger partial charge in [0.25, 0.3) is 0 Å². The minimum absolute atomic E-state index is 0.243. The van der Waals surface area contributed by atoms with Gasteiger partial charge in [0.05, 0.1) is 11.4 Å². The van der Waals surface area contributed by atoms with Crippen molar-refractivity contribution in [1.29, 1.82) is 0 Å². The van der Waals surface area contributed by atoms with E-state index in [9.17, 15) is 0 Å². The zero-order valence-electron chi connectivity index (χ0n) is 9.63. The van der Waals surface area contributed by atoms with Crippen molar-refractivity contribution in [2.45, 2.75) is 39.2 Å². The van der Waals surface area contributed by atoms with Crippen LogP contribution in [-0.4, -0.2) is 16.0 Å². The van der Waals surface area contributed by atoms with Crippen molar-refractivity contribution in [1.82, 2.24) is 9.97 Å². The van der Waals surface area contributed by atoms with Gasteiger partial charge in [-0.05, 0) is 37.8 Å². The highest BCUT2D eigenvalue weighted by Crippen LogP contribution is 2.34. The number of nitrogens with one attached hydrogen (secondary N) is 1. The Hall–Kier alpha value is -1.03. The van der Waals surface area contributed by atoms with Crippen LogP contribution in [0, 0.1) is 12.8 Å². The molecule has 0 amide bonds. The summed E-state index contributed by atoms with van der Waals surface area (Å²) >= 11 is 5.81. The smallest absolute Gasteiger partial charge is 0.224 e. The lowest BCUT2D eigenvalue weighted by molar-refractivity contribution is 0.640. The van der Waals surface area contributed by atoms with Gasteiger partial charge in [-0.15, -0.1) is 0 Å². The van der Waals surface area contributed by atoms with E-state index < -0.39 is 0 Å². The minimum atomic E-state index is 0.243. The molecule has 1 aliphatic carbocycles. The van der Waals surface area contributed by atoms with Gasteiger partial charge in [-0.2, -0.15) is 4.98 Å². The third kappa shape index (κ3) is 2.76. The Balaban J connectivity index is 2.07. The van der Waals surface area contributed by atoms with Gasteiger partial charge >= 0.3 is 0 Å². The molecule has 1 heterocycles. The summed E-state index contributed by atoms with van der Waals surface area (Å²) in [6.45, 7) is 3.97. The molecule has 0 saturated heterocycles. The second kappa shape index (κ2) is 4.45. The number of halogens is 1. The van der Waals surface area contributed by atoms with Crippen LogP contribution in [0.4, 0.5) is 11.5 Å². The molecule has 0 bridgehead atoms. The third-order valence-electron chi connectivity index (χ3n) is 2.88. The molecule has 16 heavy (non-hydrogen) atoms. The number of nitrogens with two attached hydrogens (primary N) is 1. The highest BCUT2D eigenvalue weighted by Gasteiger charge is 2.24. The molecule has 1 atom stereocenters. The molecule has 0 spiro atoms. The predicted octanol–water partition coefficient (Wildman–Crippen LogP) is 2.62. The molecule has 2 rings (SSSR count). The molecule has 1 aliphatic rings. The van der Waals surface area contributed by atoms with Crippen molar-refractivity contribution >= 4 is 23.1 Å². The first kappa shape index (κ1) is 11.5. The Bertz CT molecular complexity index is 390. The van der Waals surface area contributed by atoms with Crippen LogP contribution >= 0.6 is 11.6 Å². The average Bonchev–Trinajstić information content (AvgIpc) is 2.97. The van der Waals surface area contributed by atoms with Crippen molar-refractivity contribution in [2.75, 3.05) is 11.1 Å². The number of nitrogens with zero attached hydrogens (tertiary/aromatic N) is 2. The molecule has 0 aliphatic heterocycles. The Morgan fingerprint density at radius 2 is 2.19 bits per heavy atom. The second-order valence-corrected chi connectivity index (χ2v) is 4.90. The summed E-state index contributed by atoms with van der Waals surface area (Å²) < 4.78 is 0. The van der Waals surface area contributed by atoms with E-state index >= 15 is 0 Å². The monoisotopic (exact) mass is 240 g/mol. The first-order valence-electron chi connectivity index (χ1n) is 5.62. The van der Waals surface area contributed by atoms with Crippen LogP contribution in [0.5, 0.6) is 0 Å². The quantitative estimate of drug-likeness (QED) is 0.795. The highest BCUT2D eigenvalue weighted by atomic mass is 35.5.